The smallest absolute Gasteiger partial charge is 0.248 e. The number of hydrogen-bond donors (Lipinski definition) is 1. The van der Waals surface area contributed by atoms with Crippen LogP contribution < -0.4 is 5.32 Å². The summed E-state index contributed by atoms with van der Waals surface area (Å²) in [5.41, 5.74) is 1.10. The van der Waals surface area contributed by atoms with E-state index in [0.717, 1.165) is 5.56 Å². The van der Waals surface area contributed by atoms with E-state index in [0.29, 0.717) is 10.8 Å². The number of nitrogens with zero attached hydrogens (tertiary/aromatic N) is 4. The Morgan fingerprint density at radius 3 is 2.42 bits per heavy atom. The van der Waals surface area contributed by atoms with Gasteiger partial charge < -0.3 is 5.32 Å². The van der Waals surface area contributed by atoms with Gasteiger partial charge in [0.05, 0.1) is 15.7 Å². The average molecular weight is 383 g/mol. The second-order valence-corrected chi connectivity index (χ2v) is 6.05. The van der Waals surface area contributed by atoms with E-state index in [1.807, 2.05) is 30.3 Å². The highest BCUT2D eigenvalue weighted by Crippen LogP contribution is 2.33. The Balaban J connectivity index is 1.71. The normalized spacial score (nSPS) is 10.6. The summed E-state index contributed by atoms with van der Waals surface area (Å²) in [4.78, 5) is 13.3. The third-order valence-electron chi connectivity index (χ3n) is 3.04. The van der Waals surface area contributed by atoms with Crippen LogP contribution in [0.3, 0.4) is 0 Å². The molecule has 6 nitrogen and oxygen atoms in total. The molecule has 0 aliphatic carbocycles. The first-order valence-corrected chi connectivity index (χ1v) is 7.94. The van der Waals surface area contributed by atoms with Crippen molar-refractivity contribution in [2.45, 2.75) is 6.54 Å². The molecule has 0 saturated heterocycles. The molecule has 0 bridgehead atoms. The number of anilines is 1. The molecule has 0 fully saturated rings. The molecule has 0 atom stereocenters. The summed E-state index contributed by atoms with van der Waals surface area (Å²) < 4.78 is 0. The van der Waals surface area contributed by atoms with Crippen LogP contribution in [0.2, 0.25) is 15.1 Å². The molecule has 1 amide bonds. The lowest BCUT2D eigenvalue weighted by atomic mass is 10.2. The lowest BCUT2D eigenvalue weighted by molar-refractivity contribution is -0.117. The zero-order valence-corrected chi connectivity index (χ0v) is 14.3. The van der Waals surface area contributed by atoms with Crippen LogP contribution in [0.1, 0.15) is 0 Å². The fraction of sp³-hybridized carbons (Fsp3) is 0.0667. The molecule has 1 N–H and O–H groups in total. The quantitative estimate of drug-likeness (QED) is 0.742. The number of tetrazole rings is 1. The number of rotatable bonds is 4. The second kappa shape index (κ2) is 7.17. The van der Waals surface area contributed by atoms with Crippen LogP contribution in [0.15, 0.2) is 42.5 Å². The first kappa shape index (κ1) is 16.7. The molecule has 9 heteroatoms. The molecule has 1 aromatic heterocycles. The molecular formula is C15H10Cl3N5O. The van der Waals surface area contributed by atoms with Gasteiger partial charge in [-0.25, -0.2) is 0 Å². The summed E-state index contributed by atoms with van der Waals surface area (Å²) in [6, 6.07) is 12.3. The van der Waals surface area contributed by atoms with Gasteiger partial charge in [-0.1, -0.05) is 65.1 Å². The first-order chi connectivity index (χ1) is 11.5. The van der Waals surface area contributed by atoms with E-state index in [-0.39, 0.29) is 22.3 Å². The van der Waals surface area contributed by atoms with Crippen molar-refractivity contribution in [2.75, 3.05) is 5.32 Å². The predicted octanol–water partition coefficient (Wildman–Crippen LogP) is 3.94. The molecule has 0 unspecified atom stereocenters. The van der Waals surface area contributed by atoms with Gasteiger partial charge in [0.1, 0.15) is 6.54 Å². The average Bonchev–Trinajstić information content (AvgIpc) is 3.00. The minimum Gasteiger partial charge on any atom is -0.322 e. The molecule has 0 saturated carbocycles. The van der Waals surface area contributed by atoms with Crippen LogP contribution in [-0.4, -0.2) is 26.1 Å². The highest BCUT2D eigenvalue weighted by atomic mass is 35.5. The Hall–Kier alpha value is -2.15. The first-order valence-electron chi connectivity index (χ1n) is 6.80. The molecule has 3 aromatic rings. The van der Waals surface area contributed by atoms with Gasteiger partial charge >= 0.3 is 0 Å². The van der Waals surface area contributed by atoms with Gasteiger partial charge in [-0.2, -0.15) is 4.80 Å². The zero-order chi connectivity index (χ0) is 17.1. The molecule has 0 radical (unpaired) electrons. The number of carbonyl (C=O) groups excluding carboxylic acids is 1. The van der Waals surface area contributed by atoms with Crippen molar-refractivity contribution >= 4 is 46.4 Å². The van der Waals surface area contributed by atoms with E-state index in [2.05, 4.69) is 20.7 Å². The Kier molecular flexibility index (Phi) is 4.99. The van der Waals surface area contributed by atoms with Crippen LogP contribution >= 0.6 is 34.8 Å². The van der Waals surface area contributed by atoms with Gasteiger partial charge in [0, 0.05) is 10.6 Å². The molecule has 0 aliphatic rings. The number of hydrogen-bond acceptors (Lipinski definition) is 4. The van der Waals surface area contributed by atoms with E-state index in [9.17, 15) is 4.79 Å². The summed E-state index contributed by atoms with van der Waals surface area (Å²) in [6.07, 6.45) is 0. The van der Waals surface area contributed by atoms with Gasteiger partial charge in [0.2, 0.25) is 11.7 Å². The van der Waals surface area contributed by atoms with E-state index in [1.54, 1.807) is 0 Å². The van der Waals surface area contributed by atoms with Gasteiger partial charge in [-0.3, -0.25) is 4.79 Å². The summed E-state index contributed by atoms with van der Waals surface area (Å²) in [7, 11) is 0. The molecule has 1 heterocycles. The maximum absolute atomic E-state index is 12.1. The third-order valence-corrected chi connectivity index (χ3v) is 3.86. The fourth-order valence-corrected chi connectivity index (χ4v) is 2.89. The molecular weight excluding hydrogens is 373 g/mol. The summed E-state index contributed by atoms with van der Waals surface area (Å²) in [6.45, 7) is -0.130. The highest BCUT2D eigenvalue weighted by Gasteiger charge is 2.13. The van der Waals surface area contributed by atoms with Gasteiger partial charge in [0.15, 0.2) is 0 Å². The Bertz CT molecular complexity index is 859. The van der Waals surface area contributed by atoms with Crippen molar-refractivity contribution in [3.05, 3.63) is 57.5 Å². The topological polar surface area (TPSA) is 72.7 Å². The SMILES string of the molecule is O=C(Cn1nnc(-c2ccccc2)n1)Nc1c(Cl)cc(Cl)cc1Cl. The minimum atomic E-state index is -0.391. The van der Waals surface area contributed by atoms with Crippen molar-refractivity contribution in [1.29, 1.82) is 0 Å². The number of benzene rings is 2. The second-order valence-electron chi connectivity index (χ2n) is 4.80. The van der Waals surface area contributed by atoms with Crippen molar-refractivity contribution in [2.24, 2.45) is 0 Å². The van der Waals surface area contributed by atoms with E-state index in [1.165, 1.54) is 16.9 Å². The predicted molar refractivity (Wildman–Crippen MR) is 93.4 cm³/mol. The highest BCUT2D eigenvalue weighted by molar-refractivity contribution is 6.42. The van der Waals surface area contributed by atoms with E-state index in [4.69, 9.17) is 34.8 Å². The number of aromatic nitrogens is 4. The lowest BCUT2D eigenvalue weighted by Crippen LogP contribution is -2.20. The third kappa shape index (κ3) is 3.84. The fourth-order valence-electron chi connectivity index (χ4n) is 1.98. The van der Waals surface area contributed by atoms with Crippen molar-refractivity contribution in [3.8, 4) is 11.4 Å². The number of amides is 1. The van der Waals surface area contributed by atoms with Gasteiger partial charge in [-0.05, 0) is 17.3 Å². The largest absolute Gasteiger partial charge is 0.322 e. The maximum Gasteiger partial charge on any atom is 0.248 e. The van der Waals surface area contributed by atoms with E-state index >= 15 is 0 Å². The van der Waals surface area contributed by atoms with Crippen molar-refractivity contribution in [3.63, 3.8) is 0 Å². The molecule has 2 aromatic carbocycles. The molecule has 122 valence electrons. The molecule has 0 aliphatic heterocycles. The van der Waals surface area contributed by atoms with Crippen LogP contribution in [0.5, 0.6) is 0 Å². The Morgan fingerprint density at radius 2 is 1.75 bits per heavy atom. The van der Waals surface area contributed by atoms with Gasteiger partial charge in [0.25, 0.3) is 0 Å². The van der Waals surface area contributed by atoms with Crippen LogP contribution in [0.25, 0.3) is 11.4 Å². The summed E-state index contributed by atoms with van der Waals surface area (Å²) >= 11 is 17.9. The monoisotopic (exact) mass is 381 g/mol. The van der Waals surface area contributed by atoms with Crippen LogP contribution in [0.4, 0.5) is 5.69 Å². The minimum absolute atomic E-state index is 0.130. The molecule has 3 rings (SSSR count). The zero-order valence-electron chi connectivity index (χ0n) is 12.1. The van der Waals surface area contributed by atoms with Crippen LogP contribution in [0, 0.1) is 0 Å². The number of carbonyl (C=O) groups is 1. The van der Waals surface area contributed by atoms with Crippen molar-refractivity contribution in [1.82, 2.24) is 20.2 Å². The number of halogens is 3. The summed E-state index contributed by atoms with van der Waals surface area (Å²) in [5.74, 6) is 0.0455. The van der Waals surface area contributed by atoms with Gasteiger partial charge in [-0.15, -0.1) is 10.2 Å². The summed E-state index contributed by atoms with van der Waals surface area (Å²) in [5, 5.41) is 15.4. The van der Waals surface area contributed by atoms with Crippen molar-refractivity contribution < 1.29 is 4.79 Å². The van der Waals surface area contributed by atoms with E-state index < -0.39 is 5.91 Å². The van der Waals surface area contributed by atoms with Crippen LogP contribution in [-0.2, 0) is 11.3 Å². The lowest BCUT2D eigenvalue weighted by Gasteiger charge is -2.09. The molecule has 0 spiro atoms. The standard InChI is InChI=1S/C15H10Cl3N5O/c16-10-6-11(17)14(12(18)7-10)19-13(24)8-23-21-15(20-22-23)9-4-2-1-3-5-9/h1-7H,8H2,(H,19,24). The molecule has 24 heavy (non-hydrogen) atoms. The Morgan fingerprint density at radius 1 is 1.08 bits per heavy atom. The number of nitrogens with one attached hydrogen (secondary N) is 1. The maximum atomic E-state index is 12.1. The Labute approximate surface area is 152 Å².